The van der Waals surface area contributed by atoms with Crippen LogP contribution in [0, 0.1) is 28.6 Å². The van der Waals surface area contributed by atoms with E-state index in [1.807, 2.05) is 0 Å². The Morgan fingerprint density at radius 2 is 1.73 bits per heavy atom. The van der Waals surface area contributed by atoms with Gasteiger partial charge in [-0.2, -0.15) is 0 Å². The third-order valence-electron chi connectivity index (χ3n) is 8.29. The highest BCUT2D eigenvalue weighted by Crippen LogP contribution is 2.66. The van der Waals surface area contributed by atoms with Gasteiger partial charge in [-0.15, -0.1) is 0 Å². The van der Waals surface area contributed by atoms with Gasteiger partial charge in [0.05, 0.1) is 6.10 Å². The normalized spacial score (nSPS) is 52.7. The molecule has 0 bridgehead atoms. The van der Waals surface area contributed by atoms with Gasteiger partial charge in [-0.3, -0.25) is 0 Å². The summed E-state index contributed by atoms with van der Waals surface area (Å²) >= 11 is 0. The third kappa shape index (κ3) is 1.87. The standard InChI is InChI=1S/C21H32O/c1-4-14-6-8-18-17-7-5-15-13-16(22)9-11-21(15,3)19(17)10-12-20(14,18)2/h4,13,16-19,22H,5-12H2,1-3H3/t16?,17?,18?,19?,20-,21+/m0/s1. The van der Waals surface area contributed by atoms with E-state index < -0.39 is 0 Å². The van der Waals surface area contributed by atoms with E-state index in [2.05, 4.69) is 32.9 Å². The van der Waals surface area contributed by atoms with Gasteiger partial charge < -0.3 is 5.11 Å². The summed E-state index contributed by atoms with van der Waals surface area (Å²) in [7, 11) is 0. The molecule has 0 aromatic rings. The van der Waals surface area contributed by atoms with Crippen LogP contribution in [-0.4, -0.2) is 11.2 Å². The molecule has 4 aliphatic carbocycles. The maximum Gasteiger partial charge on any atom is 0.0724 e. The molecule has 3 saturated carbocycles. The number of hydrogen-bond acceptors (Lipinski definition) is 1. The lowest BCUT2D eigenvalue weighted by atomic mass is 9.47. The maximum atomic E-state index is 10.0. The summed E-state index contributed by atoms with van der Waals surface area (Å²) in [6.07, 6.45) is 14.8. The molecule has 4 aliphatic rings. The minimum absolute atomic E-state index is 0.172. The van der Waals surface area contributed by atoms with Crippen LogP contribution in [0.4, 0.5) is 0 Å². The zero-order chi connectivity index (χ0) is 15.5. The minimum Gasteiger partial charge on any atom is -0.389 e. The predicted octanol–water partition coefficient (Wildman–Crippen LogP) is 5.26. The summed E-state index contributed by atoms with van der Waals surface area (Å²) in [6, 6.07) is 0. The van der Waals surface area contributed by atoms with E-state index in [0.29, 0.717) is 10.8 Å². The van der Waals surface area contributed by atoms with Crippen molar-refractivity contribution < 1.29 is 5.11 Å². The molecule has 0 aliphatic heterocycles. The van der Waals surface area contributed by atoms with E-state index in [1.165, 1.54) is 44.9 Å². The van der Waals surface area contributed by atoms with E-state index in [9.17, 15) is 5.11 Å². The van der Waals surface area contributed by atoms with Crippen molar-refractivity contribution in [3.05, 3.63) is 23.3 Å². The molecule has 4 rings (SSSR count). The van der Waals surface area contributed by atoms with Crippen molar-refractivity contribution >= 4 is 0 Å². The lowest BCUT2D eigenvalue weighted by Crippen LogP contribution is -2.49. The number of fused-ring (bicyclic) bond motifs is 5. The van der Waals surface area contributed by atoms with Crippen molar-refractivity contribution in [2.24, 2.45) is 28.6 Å². The summed E-state index contributed by atoms with van der Waals surface area (Å²) in [5, 5.41) is 10.0. The van der Waals surface area contributed by atoms with Gasteiger partial charge in [0.15, 0.2) is 0 Å². The zero-order valence-corrected chi connectivity index (χ0v) is 14.6. The molecule has 3 fully saturated rings. The van der Waals surface area contributed by atoms with Crippen LogP contribution in [0.5, 0.6) is 0 Å². The summed E-state index contributed by atoms with van der Waals surface area (Å²) < 4.78 is 0. The highest BCUT2D eigenvalue weighted by Gasteiger charge is 2.57. The highest BCUT2D eigenvalue weighted by molar-refractivity contribution is 5.28. The van der Waals surface area contributed by atoms with Crippen LogP contribution >= 0.6 is 0 Å². The predicted molar refractivity (Wildman–Crippen MR) is 91.5 cm³/mol. The second-order valence-corrected chi connectivity index (χ2v) is 8.94. The molecule has 122 valence electrons. The number of hydrogen-bond donors (Lipinski definition) is 1. The number of allylic oxidation sites excluding steroid dienone is 3. The van der Waals surface area contributed by atoms with Crippen LogP contribution in [0.3, 0.4) is 0 Å². The quantitative estimate of drug-likeness (QED) is 0.605. The fraction of sp³-hybridized carbons (Fsp3) is 0.810. The van der Waals surface area contributed by atoms with Gasteiger partial charge in [-0.1, -0.05) is 37.1 Å². The van der Waals surface area contributed by atoms with Crippen LogP contribution in [0.15, 0.2) is 23.3 Å². The monoisotopic (exact) mass is 300 g/mol. The first kappa shape index (κ1) is 15.0. The molecule has 0 spiro atoms. The Morgan fingerprint density at radius 1 is 1.00 bits per heavy atom. The molecule has 1 N–H and O–H groups in total. The average Bonchev–Trinajstić information content (AvgIpc) is 2.84. The van der Waals surface area contributed by atoms with Gasteiger partial charge in [0.2, 0.25) is 0 Å². The molecule has 0 aromatic heterocycles. The summed E-state index contributed by atoms with van der Waals surface area (Å²) in [6.45, 7) is 7.34. The van der Waals surface area contributed by atoms with Crippen molar-refractivity contribution in [3.8, 4) is 0 Å². The Kier molecular flexibility index (Phi) is 3.39. The van der Waals surface area contributed by atoms with Gasteiger partial charge >= 0.3 is 0 Å². The zero-order valence-electron chi connectivity index (χ0n) is 14.6. The van der Waals surface area contributed by atoms with Crippen molar-refractivity contribution in [2.45, 2.75) is 78.2 Å². The second-order valence-electron chi connectivity index (χ2n) is 8.94. The number of aliphatic hydroxyl groups is 1. The number of rotatable bonds is 0. The van der Waals surface area contributed by atoms with E-state index in [1.54, 1.807) is 11.1 Å². The Balaban J connectivity index is 1.68. The van der Waals surface area contributed by atoms with E-state index in [0.717, 1.165) is 24.2 Å². The fourth-order valence-electron chi connectivity index (χ4n) is 7.03. The number of aliphatic hydroxyl groups excluding tert-OH is 1. The van der Waals surface area contributed by atoms with Crippen molar-refractivity contribution in [2.75, 3.05) is 0 Å². The summed E-state index contributed by atoms with van der Waals surface area (Å²) in [5.74, 6) is 2.71. The first-order valence-corrected chi connectivity index (χ1v) is 9.54. The Labute approximate surface area is 135 Å². The lowest BCUT2D eigenvalue weighted by Gasteiger charge is -2.58. The Morgan fingerprint density at radius 3 is 2.50 bits per heavy atom. The van der Waals surface area contributed by atoms with Gasteiger partial charge in [-0.05, 0) is 86.9 Å². The van der Waals surface area contributed by atoms with Crippen LogP contribution in [0.25, 0.3) is 0 Å². The topological polar surface area (TPSA) is 20.2 Å². The molecule has 1 heteroatoms. The Hall–Kier alpha value is -0.560. The largest absolute Gasteiger partial charge is 0.389 e. The van der Waals surface area contributed by atoms with Crippen LogP contribution in [0.1, 0.15) is 72.1 Å². The molecule has 4 unspecified atom stereocenters. The van der Waals surface area contributed by atoms with Gasteiger partial charge in [0.25, 0.3) is 0 Å². The first-order valence-electron chi connectivity index (χ1n) is 9.54. The lowest BCUT2D eigenvalue weighted by molar-refractivity contribution is -0.0314. The average molecular weight is 300 g/mol. The van der Waals surface area contributed by atoms with E-state index in [-0.39, 0.29) is 6.10 Å². The Bertz CT molecular complexity index is 530. The maximum absolute atomic E-state index is 10.0. The third-order valence-corrected chi connectivity index (χ3v) is 8.29. The SMILES string of the molecule is CC=C1CCC2C3CCC4=CC(O)CC[C@@]4(C)C3CC[C@@]12C. The minimum atomic E-state index is -0.172. The molecule has 22 heavy (non-hydrogen) atoms. The fourth-order valence-corrected chi connectivity index (χ4v) is 7.03. The molecule has 1 nitrogen and oxygen atoms in total. The van der Waals surface area contributed by atoms with Gasteiger partial charge in [-0.25, -0.2) is 0 Å². The second kappa shape index (κ2) is 4.97. The summed E-state index contributed by atoms with van der Waals surface area (Å²) in [5.41, 5.74) is 4.24. The van der Waals surface area contributed by atoms with Gasteiger partial charge in [0, 0.05) is 0 Å². The molecule has 0 saturated heterocycles. The molecule has 0 aromatic carbocycles. The van der Waals surface area contributed by atoms with Crippen molar-refractivity contribution in [1.82, 2.24) is 0 Å². The van der Waals surface area contributed by atoms with Crippen molar-refractivity contribution in [1.29, 1.82) is 0 Å². The highest BCUT2D eigenvalue weighted by atomic mass is 16.3. The van der Waals surface area contributed by atoms with Crippen LogP contribution < -0.4 is 0 Å². The molecular weight excluding hydrogens is 268 g/mol. The first-order chi connectivity index (χ1) is 10.5. The summed E-state index contributed by atoms with van der Waals surface area (Å²) in [4.78, 5) is 0. The smallest absolute Gasteiger partial charge is 0.0724 e. The van der Waals surface area contributed by atoms with E-state index >= 15 is 0 Å². The van der Waals surface area contributed by atoms with E-state index in [4.69, 9.17) is 0 Å². The molecular formula is C21H32O. The molecule has 0 heterocycles. The molecule has 6 atom stereocenters. The van der Waals surface area contributed by atoms with Gasteiger partial charge in [0.1, 0.15) is 0 Å². The molecule has 0 amide bonds. The van der Waals surface area contributed by atoms with Crippen LogP contribution in [-0.2, 0) is 0 Å². The van der Waals surface area contributed by atoms with Crippen molar-refractivity contribution in [3.63, 3.8) is 0 Å². The molecule has 0 radical (unpaired) electrons. The van der Waals surface area contributed by atoms with Crippen LogP contribution in [0.2, 0.25) is 0 Å².